The number of rotatable bonds is 7. The molecule has 1 saturated carbocycles. The molecule has 21 heavy (non-hydrogen) atoms. The van der Waals surface area contributed by atoms with Crippen LogP contribution in [0.5, 0.6) is 5.75 Å². The Bertz CT molecular complexity index is 610. The Morgan fingerprint density at radius 1 is 1.29 bits per heavy atom. The number of hydrogen-bond acceptors (Lipinski definition) is 6. The van der Waals surface area contributed by atoms with Crippen LogP contribution >= 0.6 is 0 Å². The Labute approximate surface area is 123 Å². The summed E-state index contributed by atoms with van der Waals surface area (Å²) in [7, 11) is -1.73. The number of benzene rings is 1. The maximum absolute atomic E-state index is 11.5. The van der Waals surface area contributed by atoms with Gasteiger partial charge in [0.1, 0.15) is 11.9 Å². The second kappa shape index (κ2) is 6.55. The largest absolute Gasteiger partial charge is 0.487 e. The minimum atomic E-state index is -3.29. The van der Waals surface area contributed by atoms with Crippen molar-refractivity contribution in [3.05, 3.63) is 24.3 Å². The highest BCUT2D eigenvalue weighted by molar-refractivity contribution is 7.90. The van der Waals surface area contributed by atoms with Crippen LogP contribution in [0.15, 0.2) is 29.2 Å². The number of carbonyl (C=O) groups is 1. The molecule has 7 heteroatoms. The van der Waals surface area contributed by atoms with Gasteiger partial charge in [0.15, 0.2) is 21.7 Å². The van der Waals surface area contributed by atoms with Crippen LogP contribution in [0, 0.1) is 0 Å². The first-order valence-electron chi connectivity index (χ1n) is 6.52. The van der Waals surface area contributed by atoms with Crippen LogP contribution in [0.25, 0.3) is 0 Å². The normalized spacial score (nSPS) is 21.9. The van der Waals surface area contributed by atoms with Gasteiger partial charge in [0, 0.05) is 19.8 Å². The van der Waals surface area contributed by atoms with Gasteiger partial charge in [-0.15, -0.1) is 0 Å². The zero-order valence-corrected chi connectivity index (χ0v) is 12.8. The highest BCUT2D eigenvalue weighted by Gasteiger charge is 2.42. The van der Waals surface area contributed by atoms with Gasteiger partial charge in [-0.1, -0.05) is 6.07 Å². The zero-order chi connectivity index (χ0) is 15.5. The van der Waals surface area contributed by atoms with Crippen LogP contribution in [0.3, 0.4) is 0 Å². The maximum atomic E-state index is 11.5. The number of hydrogen-bond donors (Lipinski definition) is 0. The predicted molar refractivity (Wildman–Crippen MR) is 75.2 cm³/mol. The first-order valence-corrected chi connectivity index (χ1v) is 8.41. The van der Waals surface area contributed by atoms with E-state index in [1.807, 2.05) is 0 Å². The fourth-order valence-corrected chi connectivity index (χ4v) is 2.64. The van der Waals surface area contributed by atoms with Gasteiger partial charge in [-0.3, -0.25) is 4.79 Å². The summed E-state index contributed by atoms with van der Waals surface area (Å²) >= 11 is 0. The molecular formula is C14H18O6S. The third-order valence-corrected chi connectivity index (χ3v) is 4.27. The lowest BCUT2D eigenvalue weighted by molar-refractivity contribution is -0.156. The molecule has 2 atom stereocenters. The van der Waals surface area contributed by atoms with Crippen LogP contribution in [0.4, 0.5) is 0 Å². The van der Waals surface area contributed by atoms with Gasteiger partial charge in [-0.05, 0) is 18.2 Å². The van der Waals surface area contributed by atoms with E-state index in [-0.39, 0.29) is 23.2 Å². The molecule has 0 N–H and O–H groups in total. The van der Waals surface area contributed by atoms with Crippen molar-refractivity contribution in [3.8, 4) is 5.75 Å². The number of ketones is 1. The average Bonchev–Trinajstić information content (AvgIpc) is 2.42. The molecule has 1 aromatic carbocycles. The molecule has 1 aliphatic carbocycles. The van der Waals surface area contributed by atoms with Gasteiger partial charge in [-0.2, -0.15) is 0 Å². The Balaban J connectivity index is 2.00. The van der Waals surface area contributed by atoms with Gasteiger partial charge in [0.2, 0.25) is 0 Å². The topological polar surface area (TPSA) is 78.9 Å². The van der Waals surface area contributed by atoms with E-state index in [9.17, 15) is 13.2 Å². The molecule has 0 radical (unpaired) electrons. The van der Waals surface area contributed by atoms with Gasteiger partial charge < -0.3 is 14.2 Å². The molecule has 0 bridgehead atoms. The first kappa shape index (κ1) is 15.9. The van der Waals surface area contributed by atoms with Crippen LogP contribution in [-0.4, -0.2) is 53.0 Å². The van der Waals surface area contributed by atoms with Crippen molar-refractivity contribution >= 4 is 15.6 Å². The zero-order valence-electron chi connectivity index (χ0n) is 11.9. The predicted octanol–water partition coefficient (Wildman–Crippen LogP) is 0.842. The lowest BCUT2D eigenvalue weighted by atomic mass is 9.90. The lowest BCUT2D eigenvalue weighted by Gasteiger charge is -2.34. The quantitative estimate of drug-likeness (QED) is 0.694. The summed E-state index contributed by atoms with van der Waals surface area (Å²) in [4.78, 5) is 11.7. The van der Waals surface area contributed by atoms with Crippen LogP contribution in [0.1, 0.15) is 6.42 Å². The fraction of sp³-hybridized carbons (Fsp3) is 0.500. The second-order valence-corrected chi connectivity index (χ2v) is 6.87. The third-order valence-electron chi connectivity index (χ3n) is 3.16. The summed E-state index contributed by atoms with van der Waals surface area (Å²) in [6.07, 6.45) is 0.405. The van der Waals surface area contributed by atoms with E-state index in [2.05, 4.69) is 0 Å². The van der Waals surface area contributed by atoms with Gasteiger partial charge in [0.05, 0.1) is 18.1 Å². The molecule has 0 amide bonds. The van der Waals surface area contributed by atoms with Crippen LogP contribution < -0.4 is 4.74 Å². The average molecular weight is 314 g/mol. The van der Waals surface area contributed by atoms with Crippen LogP contribution in [-0.2, 0) is 24.1 Å². The number of ether oxygens (including phenoxy) is 3. The molecule has 0 heterocycles. The summed E-state index contributed by atoms with van der Waals surface area (Å²) in [6, 6.07) is 6.21. The van der Waals surface area contributed by atoms with Crippen molar-refractivity contribution in [2.24, 2.45) is 0 Å². The maximum Gasteiger partial charge on any atom is 0.175 e. The molecule has 2 rings (SSSR count). The van der Waals surface area contributed by atoms with Crippen molar-refractivity contribution in [3.63, 3.8) is 0 Å². The molecule has 1 aromatic rings. The molecule has 2 unspecified atom stereocenters. The van der Waals surface area contributed by atoms with Crippen molar-refractivity contribution in [1.82, 2.24) is 0 Å². The van der Waals surface area contributed by atoms with Gasteiger partial charge >= 0.3 is 0 Å². The van der Waals surface area contributed by atoms with E-state index in [0.717, 1.165) is 6.26 Å². The summed E-state index contributed by atoms with van der Waals surface area (Å²) in [5.74, 6) is 0.395. The molecule has 1 aliphatic rings. The Kier molecular flexibility index (Phi) is 4.97. The number of methoxy groups -OCH3 is 1. The molecule has 0 aromatic heterocycles. The smallest absolute Gasteiger partial charge is 0.175 e. The van der Waals surface area contributed by atoms with E-state index < -0.39 is 15.9 Å². The number of sulfone groups is 1. The third kappa shape index (κ3) is 4.03. The summed E-state index contributed by atoms with van der Waals surface area (Å²) in [5.41, 5.74) is 0. The van der Waals surface area contributed by atoms with Crippen molar-refractivity contribution in [2.45, 2.75) is 23.5 Å². The van der Waals surface area contributed by atoms with E-state index in [4.69, 9.17) is 14.2 Å². The summed E-state index contributed by atoms with van der Waals surface area (Å²) < 4.78 is 38.9. The van der Waals surface area contributed by atoms with Gasteiger partial charge in [-0.25, -0.2) is 8.42 Å². The molecule has 1 fully saturated rings. The van der Waals surface area contributed by atoms with Crippen molar-refractivity contribution < 1.29 is 27.4 Å². The SMILES string of the molecule is COCCOC1C(=O)CC1Oc1cccc(S(C)(=O)=O)c1. The van der Waals surface area contributed by atoms with Gasteiger partial charge in [0.25, 0.3) is 0 Å². The molecule has 0 aliphatic heterocycles. The Hall–Kier alpha value is -1.44. The standard InChI is InChI=1S/C14H18O6S/c1-18-6-7-19-14-12(15)9-13(14)20-10-4-3-5-11(8-10)21(2,16)17/h3-5,8,13-14H,6-7,9H2,1-2H3. The fourth-order valence-electron chi connectivity index (χ4n) is 1.98. The molecule has 0 spiro atoms. The lowest BCUT2D eigenvalue weighted by Crippen LogP contribution is -2.52. The monoisotopic (exact) mass is 314 g/mol. The van der Waals surface area contributed by atoms with Crippen molar-refractivity contribution in [1.29, 1.82) is 0 Å². The van der Waals surface area contributed by atoms with E-state index >= 15 is 0 Å². The Morgan fingerprint density at radius 3 is 2.67 bits per heavy atom. The first-order chi connectivity index (χ1) is 9.91. The van der Waals surface area contributed by atoms with E-state index in [0.29, 0.717) is 19.0 Å². The highest BCUT2D eigenvalue weighted by atomic mass is 32.2. The van der Waals surface area contributed by atoms with E-state index in [1.54, 1.807) is 19.2 Å². The molecule has 6 nitrogen and oxygen atoms in total. The van der Waals surface area contributed by atoms with Crippen LogP contribution in [0.2, 0.25) is 0 Å². The molecular weight excluding hydrogens is 296 g/mol. The number of carbonyl (C=O) groups excluding carboxylic acids is 1. The Morgan fingerprint density at radius 2 is 2.05 bits per heavy atom. The van der Waals surface area contributed by atoms with Crippen molar-refractivity contribution in [2.75, 3.05) is 26.6 Å². The number of Topliss-reactive ketones (excluding diaryl/α,β-unsaturated/α-hetero) is 1. The minimum Gasteiger partial charge on any atom is -0.487 e. The highest BCUT2D eigenvalue weighted by Crippen LogP contribution is 2.27. The van der Waals surface area contributed by atoms with E-state index in [1.165, 1.54) is 12.1 Å². The minimum absolute atomic E-state index is 0.0182. The summed E-state index contributed by atoms with van der Waals surface area (Å²) in [5, 5.41) is 0. The molecule has 116 valence electrons. The summed E-state index contributed by atoms with van der Waals surface area (Å²) in [6.45, 7) is 0.718. The second-order valence-electron chi connectivity index (χ2n) is 4.86. The molecule has 0 saturated heterocycles.